The minimum atomic E-state index is -0.806. The highest BCUT2D eigenvalue weighted by Gasteiger charge is 2.51. The Bertz CT molecular complexity index is 419. The number of rotatable bonds is 3. The Labute approximate surface area is 110 Å². The van der Waals surface area contributed by atoms with Crippen molar-refractivity contribution in [2.45, 2.75) is 24.9 Å². The van der Waals surface area contributed by atoms with E-state index in [1.165, 1.54) is 0 Å². The van der Waals surface area contributed by atoms with Gasteiger partial charge in [0.1, 0.15) is 5.75 Å². The molecule has 1 aromatic rings. The zero-order valence-electron chi connectivity index (χ0n) is 10.3. The summed E-state index contributed by atoms with van der Waals surface area (Å²) in [4.78, 5) is 0. The van der Waals surface area contributed by atoms with Crippen LogP contribution in [0.3, 0.4) is 0 Å². The molecule has 3 nitrogen and oxygen atoms in total. The van der Waals surface area contributed by atoms with Crippen molar-refractivity contribution in [2.75, 3.05) is 20.3 Å². The molecule has 0 saturated carbocycles. The van der Waals surface area contributed by atoms with Crippen molar-refractivity contribution >= 4 is 15.9 Å². The molecule has 17 heavy (non-hydrogen) atoms. The maximum absolute atomic E-state index is 10.3. The van der Waals surface area contributed by atoms with Crippen LogP contribution in [0.25, 0.3) is 0 Å². The highest BCUT2D eigenvalue weighted by atomic mass is 79.9. The molecule has 94 valence electrons. The third-order valence-corrected chi connectivity index (χ3v) is 4.19. The molecule has 0 aromatic heterocycles. The number of methoxy groups -OCH3 is 1. The average molecular weight is 301 g/mol. The lowest BCUT2D eigenvalue weighted by atomic mass is 9.67. The molecule has 1 N–H and O–H groups in total. The van der Waals surface area contributed by atoms with Gasteiger partial charge in [-0.05, 0) is 47.5 Å². The molecule has 1 aliphatic heterocycles. The van der Waals surface area contributed by atoms with Gasteiger partial charge in [0, 0.05) is 0 Å². The van der Waals surface area contributed by atoms with E-state index >= 15 is 0 Å². The van der Waals surface area contributed by atoms with Crippen molar-refractivity contribution in [2.24, 2.45) is 0 Å². The summed E-state index contributed by atoms with van der Waals surface area (Å²) in [5.41, 5.74) is -0.0509. The fourth-order valence-corrected chi connectivity index (χ4v) is 2.68. The van der Waals surface area contributed by atoms with Crippen LogP contribution < -0.4 is 4.74 Å². The van der Waals surface area contributed by atoms with Gasteiger partial charge in [-0.25, -0.2) is 0 Å². The lowest BCUT2D eigenvalue weighted by molar-refractivity contribution is -0.157. The molecule has 4 heteroatoms. The van der Waals surface area contributed by atoms with Crippen molar-refractivity contribution in [1.29, 1.82) is 0 Å². The summed E-state index contributed by atoms with van der Waals surface area (Å²) in [5, 5.41) is 10.3. The van der Waals surface area contributed by atoms with Gasteiger partial charge in [-0.15, -0.1) is 0 Å². The second kappa shape index (κ2) is 4.26. The summed E-state index contributed by atoms with van der Waals surface area (Å²) < 4.78 is 11.4. The number of halogens is 1. The summed E-state index contributed by atoms with van der Waals surface area (Å²) >= 11 is 3.47. The molecule has 1 aliphatic rings. The van der Waals surface area contributed by atoms with E-state index in [4.69, 9.17) is 9.47 Å². The van der Waals surface area contributed by atoms with Gasteiger partial charge >= 0.3 is 0 Å². The Morgan fingerprint density at radius 2 is 2.06 bits per heavy atom. The first-order valence-corrected chi connectivity index (χ1v) is 6.34. The lowest BCUT2D eigenvalue weighted by Gasteiger charge is -2.50. The predicted molar refractivity (Wildman–Crippen MR) is 69.5 cm³/mol. The largest absolute Gasteiger partial charge is 0.496 e. The summed E-state index contributed by atoms with van der Waals surface area (Å²) in [6.07, 6.45) is 0. The van der Waals surface area contributed by atoms with E-state index in [0.29, 0.717) is 13.2 Å². The normalized spacial score (nSPS) is 18.6. The fourth-order valence-electron chi connectivity index (χ4n) is 2.14. The lowest BCUT2D eigenvalue weighted by Crippen LogP contribution is -2.60. The Balaban J connectivity index is 2.42. The highest BCUT2D eigenvalue weighted by molar-refractivity contribution is 9.10. The molecule has 1 fully saturated rings. The molecule has 0 spiro atoms. The maximum atomic E-state index is 10.3. The van der Waals surface area contributed by atoms with E-state index in [-0.39, 0.29) is 5.41 Å². The van der Waals surface area contributed by atoms with Crippen LogP contribution in [0, 0.1) is 0 Å². The molecule has 0 radical (unpaired) electrons. The first-order chi connectivity index (χ1) is 7.90. The van der Waals surface area contributed by atoms with Crippen molar-refractivity contribution in [3.05, 3.63) is 28.2 Å². The second-order valence-corrected chi connectivity index (χ2v) is 5.84. The standard InChI is InChI=1S/C13H17BrO3/c1-12(2,15)13(7-17-8-13)9-4-5-11(16-3)10(14)6-9/h4-6,15H,7-8H2,1-3H3. The quantitative estimate of drug-likeness (QED) is 0.932. The molecule has 0 bridgehead atoms. The molecular weight excluding hydrogens is 284 g/mol. The van der Waals surface area contributed by atoms with E-state index in [1.807, 2.05) is 32.0 Å². The third-order valence-electron chi connectivity index (χ3n) is 3.57. The molecule has 0 aliphatic carbocycles. The van der Waals surface area contributed by atoms with Crippen molar-refractivity contribution in [3.8, 4) is 5.75 Å². The minimum absolute atomic E-state index is 0.318. The van der Waals surface area contributed by atoms with Gasteiger partial charge in [-0.2, -0.15) is 0 Å². The average Bonchev–Trinajstić information content (AvgIpc) is 2.13. The molecule has 2 rings (SSSR count). The Morgan fingerprint density at radius 3 is 2.41 bits per heavy atom. The van der Waals surface area contributed by atoms with E-state index in [1.54, 1.807) is 7.11 Å². The zero-order chi connectivity index (χ0) is 12.7. The van der Waals surface area contributed by atoms with E-state index < -0.39 is 5.60 Å². The smallest absolute Gasteiger partial charge is 0.133 e. The summed E-state index contributed by atoms with van der Waals surface area (Å²) in [6, 6.07) is 5.90. The van der Waals surface area contributed by atoms with Gasteiger partial charge in [0.05, 0.1) is 35.8 Å². The Kier molecular flexibility index (Phi) is 3.23. The van der Waals surface area contributed by atoms with Gasteiger partial charge in [-0.1, -0.05) is 6.07 Å². The van der Waals surface area contributed by atoms with E-state index in [0.717, 1.165) is 15.8 Å². The van der Waals surface area contributed by atoms with Crippen LogP contribution in [-0.4, -0.2) is 31.0 Å². The van der Waals surface area contributed by atoms with E-state index in [9.17, 15) is 5.11 Å². The topological polar surface area (TPSA) is 38.7 Å². The van der Waals surface area contributed by atoms with Crippen LogP contribution in [0.2, 0.25) is 0 Å². The van der Waals surface area contributed by atoms with Gasteiger partial charge < -0.3 is 14.6 Å². The van der Waals surface area contributed by atoms with Gasteiger partial charge in [0.15, 0.2) is 0 Å². The summed E-state index contributed by atoms with van der Waals surface area (Å²) in [5.74, 6) is 0.792. The van der Waals surface area contributed by atoms with Crippen molar-refractivity contribution in [1.82, 2.24) is 0 Å². The first kappa shape index (κ1) is 12.9. The van der Waals surface area contributed by atoms with Gasteiger partial charge in [0.25, 0.3) is 0 Å². The Morgan fingerprint density at radius 1 is 1.41 bits per heavy atom. The highest BCUT2D eigenvalue weighted by Crippen LogP contribution is 2.43. The summed E-state index contributed by atoms with van der Waals surface area (Å²) in [7, 11) is 1.64. The number of aliphatic hydroxyl groups is 1. The van der Waals surface area contributed by atoms with Gasteiger partial charge in [-0.3, -0.25) is 0 Å². The molecular formula is C13H17BrO3. The molecule has 0 atom stereocenters. The number of benzene rings is 1. The van der Waals surface area contributed by atoms with E-state index in [2.05, 4.69) is 15.9 Å². The summed E-state index contributed by atoms with van der Waals surface area (Å²) in [6.45, 7) is 4.76. The number of hydrogen-bond acceptors (Lipinski definition) is 3. The van der Waals surface area contributed by atoms with Crippen LogP contribution in [0.1, 0.15) is 19.4 Å². The van der Waals surface area contributed by atoms with Crippen molar-refractivity contribution < 1.29 is 14.6 Å². The second-order valence-electron chi connectivity index (χ2n) is 4.98. The molecule has 0 unspecified atom stereocenters. The zero-order valence-corrected chi connectivity index (χ0v) is 11.9. The minimum Gasteiger partial charge on any atom is -0.496 e. The van der Waals surface area contributed by atoms with Crippen LogP contribution in [-0.2, 0) is 10.2 Å². The van der Waals surface area contributed by atoms with Gasteiger partial charge in [0.2, 0.25) is 0 Å². The molecule has 0 amide bonds. The number of hydrogen-bond donors (Lipinski definition) is 1. The number of ether oxygens (including phenoxy) is 2. The predicted octanol–water partition coefficient (Wildman–Crippen LogP) is 2.50. The van der Waals surface area contributed by atoms with Crippen molar-refractivity contribution in [3.63, 3.8) is 0 Å². The van der Waals surface area contributed by atoms with Crippen LogP contribution in [0.15, 0.2) is 22.7 Å². The van der Waals surface area contributed by atoms with Crippen LogP contribution >= 0.6 is 15.9 Å². The van der Waals surface area contributed by atoms with Crippen LogP contribution in [0.4, 0.5) is 0 Å². The monoisotopic (exact) mass is 300 g/mol. The SMILES string of the molecule is COc1ccc(C2(C(C)(C)O)COC2)cc1Br. The molecule has 1 saturated heterocycles. The third kappa shape index (κ3) is 1.98. The fraction of sp³-hybridized carbons (Fsp3) is 0.538. The maximum Gasteiger partial charge on any atom is 0.133 e. The molecule has 1 heterocycles. The van der Waals surface area contributed by atoms with Crippen LogP contribution in [0.5, 0.6) is 5.75 Å². The Hall–Kier alpha value is -0.580. The first-order valence-electron chi connectivity index (χ1n) is 5.55. The molecule has 1 aromatic carbocycles.